The average Bonchev–Trinajstić information content (AvgIpc) is 2.93. The summed E-state index contributed by atoms with van der Waals surface area (Å²) in [6.45, 7) is 1.53. The number of ether oxygens (including phenoxy) is 3. The van der Waals surface area contributed by atoms with E-state index in [4.69, 9.17) is 14.2 Å². The Balaban J connectivity index is 1.15. The van der Waals surface area contributed by atoms with Crippen LogP contribution in [0, 0.1) is 17.0 Å². The Morgan fingerprint density at radius 1 is 1.23 bits per heavy atom. The molecule has 0 radical (unpaired) electrons. The molecule has 3 aliphatic rings. The number of hydrogen-bond acceptors (Lipinski definition) is 5. The summed E-state index contributed by atoms with van der Waals surface area (Å²) in [7, 11) is 0. The number of carbonyl (C=O) groups is 2. The SMILES string of the molecule is O=C1CC2(CO1)CN(C(=O)OC1CC(OCc3ccc(F)c(F)c3)C1)C2. The summed E-state index contributed by atoms with van der Waals surface area (Å²) in [5.41, 5.74) is 0.342. The molecule has 2 saturated heterocycles. The van der Waals surface area contributed by atoms with E-state index >= 15 is 0 Å². The fraction of sp³-hybridized carbons (Fsp3) is 0.556. The van der Waals surface area contributed by atoms with Crippen molar-refractivity contribution in [3.05, 3.63) is 35.4 Å². The minimum absolute atomic E-state index is 0.0653. The molecule has 1 amide bonds. The number of cyclic esters (lactones) is 1. The van der Waals surface area contributed by atoms with Crippen molar-refractivity contribution in [2.45, 2.75) is 38.1 Å². The van der Waals surface area contributed by atoms with E-state index < -0.39 is 11.6 Å². The van der Waals surface area contributed by atoms with Crippen LogP contribution in [0.4, 0.5) is 13.6 Å². The van der Waals surface area contributed by atoms with Crippen molar-refractivity contribution >= 4 is 12.1 Å². The average molecular weight is 367 g/mol. The van der Waals surface area contributed by atoms with Crippen molar-refractivity contribution in [3.63, 3.8) is 0 Å². The van der Waals surface area contributed by atoms with E-state index in [9.17, 15) is 18.4 Å². The Morgan fingerprint density at radius 3 is 2.65 bits per heavy atom. The van der Waals surface area contributed by atoms with Gasteiger partial charge in [-0.3, -0.25) is 4.79 Å². The van der Waals surface area contributed by atoms with Gasteiger partial charge in [0.15, 0.2) is 11.6 Å². The molecule has 140 valence electrons. The zero-order chi connectivity index (χ0) is 18.3. The van der Waals surface area contributed by atoms with Gasteiger partial charge in [0, 0.05) is 25.9 Å². The Hall–Kier alpha value is -2.22. The molecular formula is C18H19F2NO5. The van der Waals surface area contributed by atoms with Crippen LogP contribution >= 0.6 is 0 Å². The fourth-order valence-electron chi connectivity index (χ4n) is 3.55. The molecule has 1 spiro atoms. The van der Waals surface area contributed by atoms with Gasteiger partial charge in [0.05, 0.1) is 24.5 Å². The highest BCUT2D eigenvalue weighted by atomic mass is 19.2. The lowest BCUT2D eigenvalue weighted by molar-refractivity contribution is -0.137. The van der Waals surface area contributed by atoms with Crippen molar-refractivity contribution < 1.29 is 32.6 Å². The van der Waals surface area contributed by atoms with E-state index in [1.807, 2.05) is 0 Å². The Kier molecular flexibility index (Phi) is 4.30. The summed E-state index contributed by atoms with van der Waals surface area (Å²) in [5, 5.41) is 0. The van der Waals surface area contributed by atoms with Gasteiger partial charge >= 0.3 is 12.1 Å². The standard InChI is InChI=1S/C18H19F2NO5/c19-14-2-1-11(3-15(14)20)7-24-12-4-13(5-12)26-17(23)21-8-18(9-21)6-16(22)25-10-18/h1-3,12-13H,4-10H2. The van der Waals surface area contributed by atoms with E-state index in [-0.39, 0.29) is 36.3 Å². The summed E-state index contributed by atoms with van der Waals surface area (Å²) in [4.78, 5) is 24.8. The number of amides is 1. The van der Waals surface area contributed by atoms with Crippen molar-refractivity contribution in [1.82, 2.24) is 4.90 Å². The molecule has 0 bridgehead atoms. The smallest absolute Gasteiger partial charge is 0.410 e. The van der Waals surface area contributed by atoms with Crippen molar-refractivity contribution in [3.8, 4) is 0 Å². The molecule has 4 rings (SSSR count). The van der Waals surface area contributed by atoms with Crippen LogP contribution in [0.25, 0.3) is 0 Å². The van der Waals surface area contributed by atoms with Crippen molar-refractivity contribution in [2.75, 3.05) is 19.7 Å². The van der Waals surface area contributed by atoms with E-state index in [0.29, 0.717) is 44.5 Å². The molecule has 2 heterocycles. The Morgan fingerprint density at radius 2 is 2.00 bits per heavy atom. The number of nitrogens with zero attached hydrogens (tertiary/aromatic N) is 1. The summed E-state index contributed by atoms with van der Waals surface area (Å²) in [5.74, 6) is -1.99. The molecule has 0 atom stereocenters. The predicted octanol–water partition coefficient (Wildman–Crippen LogP) is 2.40. The first-order valence-electron chi connectivity index (χ1n) is 8.59. The molecule has 6 nitrogen and oxygen atoms in total. The maximum Gasteiger partial charge on any atom is 0.410 e. The van der Waals surface area contributed by atoms with Crippen LogP contribution in [0.2, 0.25) is 0 Å². The van der Waals surface area contributed by atoms with Gasteiger partial charge in [-0.1, -0.05) is 6.07 Å². The molecule has 26 heavy (non-hydrogen) atoms. The van der Waals surface area contributed by atoms with Crippen LogP contribution in [-0.4, -0.2) is 48.9 Å². The lowest BCUT2D eigenvalue weighted by Crippen LogP contribution is -2.59. The molecule has 0 unspecified atom stereocenters. The predicted molar refractivity (Wildman–Crippen MR) is 84.0 cm³/mol. The molecule has 1 aromatic carbocycles. The second-order valence-corrected chi connectivity index (χ2v) is 7.35. The molecule has 1 aromatic rings. The molecule has 0 aromatic heterocycles. The maximum absolute atomic E-state index is 13.1. The zero-order valence-corrected chi connectivity index (χ0v) is 14.1. The summed E-state index contributed by atoms with van der Waals surface area (Å²) >= 11 is 0. The summed E-state index contributed by atoms with van der Waals surface area (Å²) < 4.78 is 42.0. The molecule has 8 heteroatoms. The number of rotatable bonds is 4. The van der Waals surface area contributed by atoms with Crippen LogP contribution in [0.3, 0.4) is 0 Å². The highest BCUT2D eigenvalue weighted by molar-refractivity contribution is 5.75. The lowest BCUT2D eigenvalue weighted by atomic mass is 9.79. The first-order chi connectivity index (χ1) is 12.4. The van der Waals surface area contributed by atoms with Crippen LogP contribution in [-0.2, 0) is 25.6 Å². The third kappa shape index (κ3) is 3.38. The topological polar surface area (TPSA) is 65.1 Å². The number of halogens is 2. The van der Waals surface area contributed by atoms with E-state index in [0.717, 1.165) is 12.1 Å². The quantitative estimate of drug-likeness (QED) is 0.765. The van der Waals surface area contributed by atoms with Gasteiger partial charge in [-0.15, -0.1) is 0 Å². The molecule has 2 aliphatic heterocycles. The minimum Gasteiger partial charge on any atom is -0.465 e. The molecule has 0 N–H and O–H groups in total. The maximum atomic E-state index is 13.1. The van der Waals surface area contributed by atoms with E-state index in [1.54, 1.807) is 4.90 Å². The van der Waals surface area contributed by atoms with Crippen LogP contribution in [0.5, 0.6) is 0 Å². The largest absolute Gasteiger partial charge is 0.465 e. The lowest BCUT2D eigenvalue weighted by Gasteiger charge is -2.46. The van der Waals surface area contributed by atoms with Gasteiger partial charge in [0.1, 0.15) is 12.7 Å². The first kappa shape index (κ1) is 17.2. The van der Waals surface area contributed by atoms with Gasteiger partial charge in [-0.25, -0.2) is 13.6 Å². The van der Waals surface area contributed by atoms with Crippen LogP contribution in [0.1, 0.15) is 24.8 Å². The van der Waals surface area contributed by atoms with Gasteiger partial charge in [0.2, 0.25) is 0 Å². The number of benzene rings is 1. The molecular weight excluding hydrogens is 348 g/mol. The van der Waals surface area contributed by atoms with Gasteiger partial charge < -0.3 is 19.1 Å². The minimum atomic E-state index is -0.895. The third-order valence-electron chi connectivity index (χ3n) is 5.16. The summed E-state index contributed by atoms with van der Waals surface area (Å²) in [6, 6.07) is 3.66. The highest BCUT2D eigenvalue weighted by Crippen LogP contribution is 2.39. The first-order valence-corrected chi connectivity index (χ1v) is 8.59. The van der Waals surface area contributed by atoms with Gasteiger partial charge in [-0.2, -0.15) is 0 Å². The van der Waals surface area contributed by atoms with Gasteiger partial charge in [0.25, 0.3) is 0 Å². The Labute approximate surface area is 149 Å². The normalized spacial score (nSPS) is 26.2. The Bertz CT molecular complexity index is 728. The van der Waals surface area contributed by atoms with Crippen molar-refractivity contribution in [1.29, 1.82) is 0 Å². The number of likely N-dealkylation sites (tertiary alicyclic amines) is 1. The number of esters is 1. The van der Waals surface area contributed by atoms with E-state index in [1.165, 1.54) is 6.07 Å². The van der Waals surface area contributed by atoms with Gasteiger partial charge in [-0.05, 0) is 17.7 Å². The van der Waals surface area contributed by atoms with Crippen LogP contribution in [0.15, 0.2) is 18.2 Å². The fourth-order valence-corrected chi connectivity index (χ4v) is 3.55. The molecule has 1 aliphatic carbocycles. The second kappa shape index (κ2) is 6.50. The van der Waals surface area contributed by atoms with E-state index in [2.05, 4.69) is 0 Å². The highest BCUT2D eigenvalue weighted by Gasteiger charge is 2.52. The second-order valence-electron chi connectivity index (χ2n) is 7.35. The zero-order valence-electron chi connectivity index (χ0n) is 14.1. The third-order valence-corrected chi connectivity index (χ3v) is 5.16. The molecule has 3 fully saturated rings. The molecule has 1 saturated carbocycles. The summed E-state index contributed by atoms with van der Waals surface area (Å²) in [6.07, 6.45) is 0.880. The number of carbonyl (C=O) groups excluding carboxylic acids is 2. The van der Waals surface area contributed by atoms with Crippen LogP contribution < -0.4 is 0 Å². The van der Waals surface area contributed by atoms with Crippen molar-refractivity contribution in [2.24, 2.45) is 5.41 Å². The monoisotopic (exact) mass is 367 g/mol. The number of hydrogen-bond donors (Lipinski definition) is 0.